The van der Waals surface area contributed by atoms with E-state index in [1.807, 2.05) is 0 Å². The van der Waals surface area contributed by atoms with Crippen molar-refractivity contribution in [2.24, 2.45) is 11.7 Å². The Morgan fingerprint density at radius 2 is 2.12 bits per heavy atom. The van der Waals surface area contributed by atoms with E-state index in [0.29, 0.717) is 19.6 Å². The molecule has 0 aliphatic carbocycles. The first-order valence-electron chi connectivity index (χ1n) is 5.50. The van der Waals surface area contributed by atoms with E-state index < -0.39 is 15.8 Å². The molecule has 6 heteroatoms. The molecule has 0 radical (unpaired) electrons. The molecule has 94 valence electrons. The van der Waals surface area contributed by atoms with Gasteiger partial charge in [-0.25, -0.2) is 12.8 Å². The van der Waals surface area contributed by atoms with Crippen LogP contribution >= 0.6 is 0 Å². The standard InChI is InChI=1S/C11H15FN2O2S/c12-10-3-1-2-4-11(10)17(15,16)14-6-5-9(7-13)8-14/h1-4,9H,5-8,13H2/t9-/m0/s1. The van der Waals surface area contributed by atoms with Crippen molar-refractivity contribution in [3.63, 3.8) is 0 Å². The highest BCUT2D eigenvalue weighted by atomic mass is 32.2. The van der Waals surface area contributed by atoms with Crippen molar-refractivity contribution in [2.45, 2.75) is 11.3 Å². The van der Waals surface area contributed by atoms with E-state index in [9.17, 15) is 12.8 Å². The Bertz CT molecular complexity index is 504. The van der Waals surface area contributed by atoms with Gasteiger partial charge in [0, 0.05) is 13.1 Å². The van der Waals surface area contributed by atoms with Crippen molar-refractivity contribution in [1.82, 2.24) is 4.31 Å². The fourth-order valence-electron chi connectivity index (χ4n) is 2.00. The second-order valence-corrected chi connectivity index (χ2v) is 6.09. The zero-order valence-electron chi connectivity index (χ0n) is 9.34. The third-order valence-corrected chi connectivity index (χ3v) is 4.93. The number of hydrogen-bond acceptors (Lipinski definition) is 3. The van der Waals surface area contributed by atoms with Gasteiger partial charge >= 0.3 is 0 Å². The maximum Gasteiger partial charge on any atom is 0.245 e. The fourth-order valence-corrected chi connectivity index (χ4v) is 3.60. The van der Waals surface area contributed by atoms with Gasteiger partial charge in [0.2, 0.25) is 10.0 Å². The summed E-state index contributed by atoms with van der Waals surface area (Å²) in [5, 5.41) is 0. The van der Waals surface area contributed by atoms with E-state index in [2.05, 4.69) is 0 Å². The monoisotopic (exact) mass is 258 g/mol. The van der Waals surface area contributed by atoms with Crippen molar-refractivity contribution in [3.05, 3.63) is 30.1 Å². The van der Waals surface area contributed by atoms with Crippen LogP contribution in [0.5, 0.6) is 0 Å². The van der Waals surface area contributed by atoms with Gasteiger partial charge in [0.05, 0.1) is 0 Å². The molecule has 0 bridgehead atoms. The Kier molecular flexibility index (Phi) is 3.46. The summed E-state index contributed by atoms with van der Waals surface area (Å²) in [6, 6.07) is 5.44. The Morgan fingerprint density at radius 1 is 1.41 bits per heavy atom. The first-order valence-corrected chi connectivity index (χ1v) is 6.94. The van der Waals surface area contributed by atoms with Crippen molar-refractivity contribution in [2.75, 3.05) is 19.6 Å². The van der Waals surface area contributed by atoms with E-state index in [4.69, 9.17) is 5.73 Å². The maximum atomic E-state index is 13.5. The summed E-state index contributed by atoms with van der Waals surface area (Å²) in [5.74, 6) is -0.528. The number of nitrogens with two attached hydrogens (primary N) is 1. The van der Waals surface area contributed by atoms with Crippen LogP contribution in [0.25, 0.3) is 0 Å². The highest BCUT2D eigenvalue weighted by Crippen LogP contribution is 2.25. The minimum absolute atomic E-state index is 0.177. The largest absolute Gasteiger partial charge is 0.330 e. The van der Waals surface area contributed by atoms with Gasteiger partial charge in [-0.2, -0.15) is 4.31 Å². The average molecular weight is 258 g/mol. The molecule has 1 aliphatic heterocycles. The molecule has 0 unspecified atom stereocenters. The highest BCUT2D eigenvalue weighted by molar-refractivity contribution is 7.89. The van der Waals surface area contributed by atoms with Crippen LogP contribution < -0.4 is 5.73 Å². The zero-order valence-corrected chi connectivity index (χ0v) is 10.2. The van der Waals surface area contributed by atoms with Crippen molar-refractivity contribution in [3.8, 4) is 0 Å². The fraction of sp³-hybridized carbons (Fsp3) is 0.455. The van der Waals surface area contributed by atoms with Gasteiger partial charge in [-0.15, -0.1) is 0 Å². The molecule has 2 rings (SSSR count). The molecule has 0 saturated carbocycles. The number of halogens is 1. The minimum atomic E-state index is -3.71. The quantitative estimate of drug-likeness (QED) is 0.872. The molecular weight excluding hydrogens is 243 g/mol. The van der Waals surface area contributed by atoms with E-state index in [1.54, 1.807) is 0 Å². The van der Waals surface area contributed by atoms with E-state index in [0.717, 1.165) is 12.5 Å². The lowest BCUT2D eigenvalue weighted by Gasteiger charge is -2.16. The first-order chi connectivity index (χ1) is 8.05. The minimum Gasteiger partial charge on any atom is -0.330 e. The third-order valence-electron chi connectivity index (χ3n) is 3.04. The van der Waals surface area contributed by atoms with Crippen LogP contribution in [0.15, 0.2) is 29.2 Å². The van der Waals surface area contributed by atoms with Crippen LogP contribution in [0.4, 0.5) is 4.39 Å². The van der Waals surface area contributed by atoms with Gasteiger partial charge < -0.3 is 5.73 Å². The molecule has 1 aromatic carbocycles. The molecular formula is C11H15FN2O2S. The summed E-state index contributed by atoms with van der Waals surface area (Å²) in [5.41, 5.74) is 5.51. The number of nitrogens with zero attached hydrogens (tertiary/aromatic N) is 1. The number of benzene rings is 1. The van der Waals surface area contributed by atoms with Crippen LogP contribution in [0.3, 0.4) is 0 Å². The molecule has 4 nitrogen and oxygen atoms in total. The van der Waals surface area contributed by atoms with Gasteiger partial charge in [0.15, 0.2) is 0 Å². The van der Waals surface area contributed by atoms with Crippen molar-refractivity contribution < 1.29 is 12.8 Å². The molecule has 1 aromatic rings. The van der Waals surface area contributed by atoms with Gasteiger partial charge in [-0.05, 0) is 31.0 Å². The second kappa shape index (κ2) is 4.72. The van der Waals surface area contributed by atoms with E-state index in [-0.39, 0.29) is 10.8 Å². The van der Waals surface area contributed by atoms with Crippen LogP contribution in [0.1, 0.15) is 6.42 Å². The topological polar surface area (TPSA) is 63.4 Å². The summed E-state index contributed by atoms with van der Waals surface area (Å²) >= 11 is 0. The predicted octanol–water partition coefficient (Wildman–Crippen LogP) is 0.795. The SMILES string of the molecule is NC[C@@H]1CCN(S(=O)(=O)c2ccccc2F)C1. The molecule has 0 spiro atoms. The van der Waals surface area contributed by atoms with Crippen molar-refractivity contribution in [1.29, 1.82) is 0 Å². The van der Waals surface area contributed by atoms with Crippen molar-refractivity contribution >= 4 is 10.0 Å². The van der Waals surface area contributed by atoms with Crippen LogP contribution in [-0.2, 0) is 10.0 Å². The summed E-state index contributed by atoms with van der Waals surface area (Å²) < 4.78 is 39.1. The Balaban J connectivity index is 2.29. The van der Waals surface area contributed by atoms with Crippen LogP contribution in [0.2, 0.25) is 0 Å². The molecule has 1 fully saturated rings. The normalized spacial score (nSPS) is 21.9. The summed E-state index contributed by atoms with van der Waals surface area (Å²) in [6.45, 7) is 1.26. The average Bonchev–Trinajstić information content (AvgIpc) is 2.78. The zero-order chi connectivity index (χ0) is 12.5. The lowest BCUT2D eigenvalue weighted by atomic mass is 10.1. The second-order valence-electron chi connectivity index (χ2n) is 4.18. The van der Waals surface area contributed by atoms with Crippen LogP contribution in [-0.4, -0.2) is 32.4 Å². The molecule has 0 aromatic heterocycles. The summed E-state index contributed by atoms with van der Waals surface area (Å²) in [6.07, 6.45) is 0.740. The van der Waals surface area contributed by atoms with Gasteiger partial charge in [0.25, 0.3) is 0 Å². The first kappa shape index (κ1) is 12.5. The van der Waals surface area contributed by atoms with E-state index >= 15 is 0 Å². The number of hydrogen-bond donors (Lipinski definition) is 1. The Labute approximate surface area is 100 Å². The van der Waals surface area contributed by atoms with Gasteiger partial charge in [-0.3, -0.25) is 0 Å². The number of sulfonamides is 1. The molecule has 1 aliphatic rings. The third kappa shape index (κ3) is 2.34. The Morgan fingerprint density at radius 3 is 2.71 bits per heavy atom. The molecule has 1 heterocycles. The van der Waals surface area contributed by atoms with Gasteiger partial charge in [0.1, 0.15) is 10.7 Å². The van der Waals surface area contributed by atoms with E-state index in [1.165, 1.54) is 22.5 Å². The number of rotatable bonds is 3. The molecule has 1 atom stereocenters. The smallest absolute Gasteiger partial charge is 0.245 e. The predicted molar refractivity (Wildman–Crippen MR) is 62.3 cm³/mol. The Hall–Kier alpha value is -0.980. The maximum absolute atomic E-state index is 13.5. The molecule has 17 heavy (non-hydrogen) atoms. The molecule has 2 N–H and O–H groups in total. The highest BCUT2D eigenvalue weighted by Gasteiger charge is 2.33. The molecule has 0 amide bonds. The van der Waals surface area contributed by atoms with Crippen LogP contribution in [0, 0.1) is 11.7 Å². The lowest BCUT2D eigenvalue weighted by Crippen LogP contribution is -2.30. The summed E-state index contributed by atoms with van der Waals surface area (Å²) in [4.78, 5) is -0.252. The lowest BCUT2D eigenvalue weighted by molar-refractivity contribution is 0.453. The van der Waals surface area contributed by atoms with Gasteiger partial charge in [-0.1, -0.05) is 12.1 Å². The summed E-state index contributed by atoms with van der Waals surface area (Å²) in [7, 11) is -3.71. The molecule has 1 saturated heterocycles.